The van der Waals surface area contributed by atoms with Gasteiger partial charge in [-0.3, -0.25) is 9.58 Å². The second-order valence-corrected chi connectivity index (χ2v) is 6.44. The van der Waals surface area contributed by atoms with Crippen LogP contribution in [0.3, 0.4) is 0 Å². The number of benzene rings is 1. The molecule has 112 valence electrons. The van der Waals surface area contributed by atoms with Crippen LogP contribution in [0.25, 0.3) is 10.9 Å². The van der Waals surface area contributed by atoms with Gasteiger partial charge in [-0.2, -0.15) is 5.10 Å². The van der Waals surface area contributed by atoms with Crippen LogP contribution in [0.15, 0.2) is 24.3 Å². The largest absolute Gasteiger partial charge is 0.312 e. The Kier molecular flexibility index (Phi) is 3.43. The summed E-state index contributed by atoms with van der Waals surface area (Å²) in [5, 5.41) is 9.85. The van der Waals surface area contributed by atoms with E-state index in [1.807, 2.05) is 0 Å². The summed E-state index contributed by atoms with van der Waals surface area (Å²) >= 11 is 0. The number of para-hydroxylation sites is 1. The average molecular weight is 284 g/mol. The SMILES string of the molecule is CCn1nc(CN2CC3CCCNC3C2)c2ccccc21. The van der Waals surface area contributed by atoms with Crippen LogP contribution in [0.1, 0.15) is 25.5 Å². The van der Waals surface area contributed by atoms with Crippen molar-refractivity contribution in [3.05, 3.63) is 30.0 Å². The van der Waals surface area contributed by atoms with Crippen LogP contribution in [-0.2, 0) is 13.1 Å². The maximum Gasteiger partial charge on any atom is 0.0843 e. The minimum atomic E-state index is 0.707. The molecule has 0 radical (unpaired) electrons. The average Bonchev–Trinajstić information content (AvgIpc) is 3.08. The van der Waals surface area contributed by atoms with E-state index in [1.54, 1.807) is 0 Å². The molecule has 2 aromatic rings. The summed E-state index contributed by atoms with van der Waals surface area (Å²) in [4.78, 5) is 2.59. The lowest BCUT2D eigenvalue weighted by Crippen LogP contribution is -2.40. The lowest BCUT2D eigenvalue weighted by molar-refractivity contribution is 0.309. The minimum Gasteiger partial charge on any atom is -0.312 e. The fraction of sp³-hybridized carbons (Fsp3) is 0.588. The fourth-order valence-electron chi connectivity index (χ4n) is 4.03. The summed E-state index contributed by atoms with van der Waals surface area (Å²) in [6, 6.07) is 9.33. The molecule has 2 atom stereocenters. The van der Waals surface area contributed by atoms with E-state index in [9.17, 15) is 0 Å². The maximum atomic E-state index is 4.84. The summed E-state index contributed by atoms with van der Waals surface area (Å²) in [6.45, 7) is 7.69. The molecular weight excluding hydrogens is 260 g/mol. The van der Waals surface area contributed by atoms with Crippen molar-refractivity contribution < 1.29 is 0 Å². The van der Waals surface area contributed by atoms with E-state index >= 15 is 0 Å². The Morgan fingerprint density at radius 1 is 1.29 bits per heavy atom. The summed E-state index contributed by atoms with van der Waals surface area (Å²) in [5.41, 5.74) is 2.51. The number of hydrogen-bond acceptors (Lipinski definition) is 3. The van der Waals surface area contributed by atoms with E-state index in [0.717, 1.165) is 19.0 Å². The van der Waals surface area contributed by atoms with Gasteiger partial charge in [0.15, 0.2) is 0 Å². The molecule has 4 rings (SSSR count). The first-order valence-corrected chi connectivity index (χ1v) is 8.25. The van der Waals surface area contributed by atoms with Gasteiger partial charge in [-0.1, -0.05) is 18.2 Å². The van der Waals surface area contributed by atoms with E-state index in [2.05, 4.69) is 46.1 Å². The number of fused-ring (bicyclic) bond motifs is 2. The topological polar surface area (TPSA) is 33.1 Å². The number of aryl methyl sites for hydroxylation is 1. The highest BCUT2D eigenvalue weighted by atomic mass is 15.3. The van der Waals surface area contributed by atoms with Crippen molar-refractivity contribution in [2.75, 3.05) is 19.6 Å². The number of piperidine rings is 1. The number of aromatic nitrogens is 2. The molecule has 1 N–H and O–H groups in total. The van der Waals surface area contributed by atoms with Crippen molar-refractivity contribution >= 4 is 10.9 Å². The van der Waals surface area contributed by atoms with Gasteiger partial charge in [0.2, 0.25) is 0 Å². The van der Waals surface area contributed by atoms with Crippen LogP contribution in [0, 0.1) is 5.92 Å². The maximum absolute atomic E-state index is 4.84. The second-order valence-electron chi connectivity index (χ2n) is 6.44. The zero-order chi connectivity index (χ0) is 14.2. The molecule has 0 spiro atoms. The normalized spacial score (nSPS) is 26.3. The van der Waals surface area contributed by atoms with Gasteiger partial charge >= 0.3 is 0 Å². The van der Waals surface area contributed by atoms with Crippen LogP contribution >= 0.6 is 0 Å². The molecule has 0 saturated carbocycles. The molecule has 2 aliphatic rings. The zero-order valence-corrected chi connectivity index (χ0v) is 12.8. The molecule has 2 saturated heterocycles. The molecule has 21 heavy (non-hydrogen) atoms. The summed E-state index contributed by atoms with van der Waals surface area (Å²) in [7, 11) is 0. The molecule has 2 unspecified atom stereocenters. The van der Waals surface area contributed by atoms with E-state index in [0.29, 0.717) is 6.04 Å². The standard InChI is InChI=1S/C17H24N4/c1-2-21-17-8-4-3-7-14(17)16(19-21)12-20-10-13-6-5-9-18-15(13)11-20/h3-4,7-8,13,15,18H,2,5-6,9-12H2,1H3. The van der Waals surface area contributed by atoms with Gasteiger partial charge in [-0.05, 0) is 38.3 Å². The Morgan fingerprint density at radius 3 is 3.05 bits per heavy atom. The first-order valence-electron chi connectivity index (χ1n) is 8.25. The highest BCUT2D eigenvalue weighted by molar-refractivity contribution is 5.81. The fourth-order valence-corrected chi connectivity index (χ4v) is 4.03. The monoisotopic (exact) mass is 284 g/mol. The van der Waals surface area contributed by atoms with E-state index in [-0.39, 0.29) is 0 Å². The lowest BCUT2D eigenvalue weighted by Gasteiger charge is -2.24. The van der Waals surface area contributed by atoms with Gasteiger partial charge in [-0.25, -0.2) is 0 Å². The van der Waals surface area contributed by atoms with Crippen LogP contribution in [0.5, 0.6) is 0 Å². The van der Waals surface area contributed by atoms with Gasteiger partial charge in [0.1, 0.15) is 0 Å². The number of likely N-dealkylation sites (tertiary alicyclic amines) is 1. The molecule has 0 amide bonds. The Hall–Kier alpha value is -1.39. The van der Waals surface area contributed by atoms with Gasteiger partial charge in [0, 0.05) is 37.6 Å². The van der Waals surface area contributed by atoms with Gasteiger partial charge in [0.05, 0.1) is 11.2 Å². The van der Waals surface area contributed by atoms with E-state index in [4.69, 9.17) is 5.10 Å². The van der Waals surface area contributed by atoms with Crippen molar-refractivity contribution in [3.8, 4) is 0 Å². The Balaban J connectivity index is 1.57. The van der Waals surface area contributed by atoms with Crippen LogP contribution in [0.2, 0.25) is 0 Å². The molecule has 3 heterocycles. The number of rotatable bonds is 3. The molecule has 0 bridgehead atoms. The van der Waals surface area contributed by atoms with Gasteiger partial charge < -0.3 is 5.32 Å². The van der Waals surface area contributed by atoms with Crippen molar-refractivity contribution in [1.29, 1.82) is 0 Å². The highest BCUT2D eigenvalue weighted by Gasteiger charge is 2.34. The van der Waals surface area contributed by atoms with E-state index in [1.165, 1.54) is 49.1 Å². The summed E-state index contributed by atoms with van der Waals surface area (Å²) in [5.74, 6) is 0.846. The summed E-state index contributed by atoms with van der Waals surface area (Å²) in [6.07, 6.45) is 2.72. The van der Waals surface area contributed by atoms with Crippen molar-refractivity contribution in [2.45, 2.75) is 38.9 Å². The summed E-state index contributed by atoms with van der Waals surface area (Å²) < 4.78 is 2.13. The Labute approximate surface area is 126 Å². The minimum absolute atomic E-state index is 0.707. The predicted molar refractivity (Wildman–Crippen MR) is 85.2 cm³/mol. The smallest absolute Gasteiger partial charge is 0.0843 e. The van der Waals surface area contributed by atoms with Crippen LogP contribution < -0.4 is 5.32 Å². The number of nitrogens with one attached hydrogen (secondary N) is 1. The van der Waals surface area contributed by atoms with Crippen molar-refractivity contribution in [3.63, 3.8) is 0 Å². The quantitative estimate of drug-likeness (QED) is 0.938. The molecule has 4 heteroatoms. The zero-order valence-electron chi connectivity index (χ0n) is 12.8. The molecule has 4 nitrogen and oxygen atoms in total. The van der Waals surface area contributed by atoms with Crippen LogP contribution in [-0.4, -0.2) is 40.4 Å². The first kappa shape index (κ1) is 13.3. The van der Waals surface area contributed by atoms with Crippen LogP contribution in [0.4, 0.5) is 0 Å². The van der Waals surface area contributed by atoms with Gasteiger partial charge in [0.25, 0.3) is 0 Å². The van der Waals surface area contributed by atoms with Gasteiger partial charge in [-0.15, -0.1) is 0 Å². The molecule has 0 aliphatic carbocycles. The predicted octanol–water partition coefficient (Wildman–Crippen LogP) is 2.24. The first-order chi connectivity index (χ1) is 10.3. The molecule has 1 aromatic heterocycles. The number of nitrogens with zero attached hydrogens (tertiary/aromatic N) is 3. The van der Waals surface area contributed by atoms with Crippen molar-refractivity contribution in [1.82, 2.24) is 20.0 Å². The molecule has 2 aliphatic heterocycles. The molecule has 1 aromatic carbocycles. The lowest BCUT2D eigenvalue weighted by atomic mass is 9.94. The highest BCUT2D eigenvalue weighted by Crippen LogP contribution is 2.27. The number of hydrogen-bond donors (Lipinski definition) is 1. The third kappa shape index (κ3) is 2.36. The Morgan fingerprint density at radius 2 is 2.19 bits per heavy atom. The third-order valence-corrected chi connectivity index (χ3v) is 5.08. The van der Waals surface area contributed by atoms with Crippen molar-refractivity contribution in [2.24, 2.45) is 5.92 Å². The third-order valence-electron chi connectivity index (χ3n) is 5.08. The van der Waals surface area contributed by atoms with E-state index < -0.39 is 0 Å². The second kappa shape index (κ2) is 5.43. The molecule has 2 fully saturated rings. The molecular formula is C17H24N4. The Bertz CT molecular complexity index is 619.